The highest BCUT2D eigenvalue weighted by Gasteiger charge is 2.26. The molecule has 1 aliphatic rings. The zero-order valence-corrected chi connectivity index (χ0v) is 15.4. The molecule has 5 heteroatoms. The monoisotopic (exact) mass is 342 g/mol. The second-order valence-corrected chi connectivity index (χ2v) is 7.51. The number of esters is 1. The molecule has 134 valence electrons. The van der Waals surface area contributed by atoms with E-state index in [4.69, 9.17) is 9.47 Å². The van der Waals surface area contributed by atoms with Crippen molar-refractivity contribution in [1.82, 2.24) is 4.98 Å². The van der Waals surface area contributed by atoms with Gasteiger partial charge in [0, 0.05) is 30.9 Å². The maximum absolute atomic E-state index is 12.6. The lowest BCUT2D eigenvalue weighted by atomic mass is 10.1. The predicted molar refractivity (Wildman–Crippen MR) is 99.2 cm³/mol. The molecular formula is C20H26N2O3. The molecule has 1 fully saturated rings. The van der Waals surface area contributed by atoms with Gasteiger partial charge in [0.1, 0.15) is 5.60 Å². The summed E-state index contributed by atoms with van der Waals surface area (Å²) in [6, 6.07) is 8.21. The van der Waals surface area contributed by atoms with Gasteiger partial charge in [-0.25, -0.2) is 4.79 Å². The van der Waals surface area contributed by atoms with Gasteiger partial charge in [-0.1, -0.05) is 0 Å². The van der Waals surface area contributed by atoms with E-state index >= 15 is 0 Å². The molecule has 3 rings (SSSR count). The van der Waals surface area contributed by atoms with Gasteiger partial charge in [-0.05, 0) is 57.9 Å². The Morgan fingerprint density at radius 3 is 2.84 bits per heavy atom. The molecular weight excluding hydrogens is 316 g/mol. The quantitative estimate of drug-likeness (QED) is 0.791. The third-order valence-electron chi connectivity index (χ3n) is 4.41. The summed E-state index contributed by atoms with van der Waals surface area (Å²) in [7, 11) is 1.74. The zero-order valence-electron chi connectivity index (χ0n) is 15.4. The summed E-state index contributed by atoms with van der Waals surface area (Å²) in [5.74, 6) is -0.313. The minimum atomic E-state index is -0.525. The maximum Gasteiger partial charge on any atom is 0.339 e. The van der Waals surface area contributed by atoms with Crippen LogP contribution in [0.25, 0.3) is 10.9 Å². The number of hydrogen-bond donors (Lipinski definition) is 0. The Balaban J connectivity index is 1.98. The van der Waals surface area contributed by atoms with Gasteiger partial charge in [0.25, 0.3) is 0 Å². The van der Waals surface area contributed by atoms with Crippen LogP contribution in [0.1, 0.15) is 44.0 Å². The highest BCUT2D eigenvalue weighted by atomic mass is 16.6. The molecule has 2 heterocycles. The third kappa shape index (κ3) is 3.93. The van der Waals surface area contributed by atoms with Crippen molar-refractivity contribution >= 4 is 22.6 Å². The van der Waals surface area contributed by atoms with Crippen LogP contribution in [0.15, 0.2) is 30.5 Å². The second kappa shape index (κ2) is 7.00. The van der Waals surface area contributed by atoms with Crippen LogP contribution in [0, 0.1) is 0 Å². The number of benzene rings is 1. The Hall–Kier alpha value is -2.14. The number of anilines is 1. The van der Waals surface area contributed by atoms with Gasteiger partial charge in [-0.15, -0.1) is 0 Å². The van der Waals surface area contributed by atoms with Gasteiger partial charge in [0.05, 0.1) is 23.7 Å². The van der Waals surface area contributed by atoms with Crippen molar-refractivity contribution in [1.29, 1.82) is 0 Å². The highest BCUT2D eigenvalue weighted by molar-refractivity contribution is 6.04. The minimum absolute atomic E-state index is 0.313. The Morgan fingerprint density at radius 2 is 2.12 bits per heavy atom. The van der Waals surface area contributed by atoms with Crippen LogP contribution in [0.4, 0.5) is 5.69 Å². The fourth-order valence-electron chi connectivity index (χ4n) is 3.37. The summed E-state index contributed by atoms with van der Waals surface area (Å²) >= 11 is 0. The van der Waals surface area contributed by atoms with Crippen molar-refractivity contribution < 1.29 is 14.3 Å². The van der Waals surface area contributed by atoms with E-state index in [1.807, 2.05) is 26.8 Å². The largest absolute Gasteiger partial charge is 0.456 e. The number of nitrogens with zero attached hydrogens (tertiary/aromatic N) is 2. The molecule has 0 aliphatic carbocycles. The van der Waals surface area contributed by atoms with Crippen molar-refractivity contribution in [3.63, 3.8) is 0 Å². The third-order valence-corrected chi connectivity index (χ3v) is 4.41. The number of carbonyl (C=O) groups is 1. The molecule has 1 atom stereocenters. The van der Waals surface area contributed by atoms with Crippen molar-refractivity contribution in [3.8, 4) is 0 Å². The summed E-state index contributed by atoms with van der Waals surface area (Å²) in [6.45, 7) is 7.34. The molecule has 0 unspecified atom stereocenters. The highest BCUT2D eigenvalue weighted by Crippen LogP contribution is 2.30. The van der Waals surface area contributed by atoms with Crippen molar-refractivity contribution in [3.05, 3.63) is 36.0 Å². The summed E-state index contributed by atoms with van der Waals surface area (Å²) < 4.78 is 10.9. The number of hydrogen-bond acceptors (Lipinski definition) is 5. The Bertz CT molecular complexity index is 767. The van der Waals surface area contributed by atoms with Gasteiger partial charge in [-0.2, -0.15) is 0 Å². The second-order valence-electron chi connectivity index (χ2n) is 7.51. The van der Waals surface area contributed by atoms with E-state index in [0.29, 0.717) is 18.2 Å². The number of carbonyl (C=O) groups excluding carboxylic acids is 1. The standard InChI is InChI=1S/C20H26N2O3/c1-20(2,3)25-19(23)16-9-10-21-18-8-7-14(12-17(16)18)22-11-5-6-15(22)13-24-4/h7-10,12,15H,5-6,11,13H2,1-4H3/t15-/m0/s1. The van der Waals surface area contributed by atoms with Crippen LogP contribution < -0.4 is 4.90 Å². The normalized spacial score (nSPS) is 17.9. The summed E-state index contributed by atoms with van der Waals surface area (Å²) in [4.78, 5) is 19.3. The number of ether oxygens (including phenoxy) is 2. The van der Waals surface area contributed by atoms with Crippen LogP contribution in [0.2, 0.25) is 0 Å². The minimum Gasteiger partial charge on any atom is -0.456 e. The molecule has 1 aromatic heterocycles. The molecule has 1 aromatic carbocycles. The molecule has 0 saturated carbocycles. The molecule has 1 aliphatic heterocycles. The van der Waals surface area contributed by atoms with Crippen LogP contribution in [0.3, 0.4) is 0 Å². The van der Waals surface area contributed by atoms with E-state index in [1.165, 1.54) is 0 Å². The molecule has 0 radical (unpaired) electrons. The molecule has 2 aromatic rings. The van der Waals surface area contributed by atoms with Gasteiger partial charge in [0.15, 0.2) is 0 Å². The van der Waals surface area contributed by atoms with Crippen LogP contribution in [-0.4, -0.2) is 42.9 Å². The van der Waals surface area contributed by atoms with Crippen molar-refractivity contribution in [2.75, 3.05) is 25.2 Å². The van der Waals surface area contributed by atoms with E-state index in [2.05, 4.69) is 22.0 Å². The van der Waals surface area contributed by atoms with E-state index in [9.17, 15) is 4.79 Å². The number of methoxy groups -OCH3 is 1. The van der Waals surface area contributed by atoms with Crippen LogP contribution >= 0.6 is 0 Å². The fourth-order valence-corrected chi connectivity index (χ4v) is 3.37. The van der Waals surface area contributed by atoms with Crippen LogP contribution in [0.5, 0.6) is 0 Å². The molecule has 0 N–H and O–H groups in total. The smallest absolute Gasteiger partial charge is 0.339 e. The Labute approximate surface area is 148 Å². The molecule has 0 bridgehead atoms. The molecule has 5 nitrogen and oxygen atoms in total. The molecule has 25 heavy (non-hydrogen) atoms. The zero-order chi connectivity index (χ0) is 18.0. The first-order valence-corrected chi connectivity index (χ1v) is 8.77. The topological polar surface area (TPSA) is 51.7 Å². The van der Waals surface area contributed by atoms with E-state index < -0.39 is 5.60 Å². The van der Waals surface area contributed by atoms with Crippen molar-refractivity contribution in [2.24, 2.45) is 0 Å². The average molecular weight is 342 g/mol. The maximum atomic E-state index is 12.6. The van der Waals surface area contributed by atoms with E-state index in [1.54, 1.807) is 19.4 Å². The van der Waals surface area contributed by atoms with Crippen molar-refractivity contribution in [2.45, 2.75) is 45.3 Å². The van der Waals surface area contributed by atoms with Gasteiger partial charge in [0.2, 0.25) is 0 Å². The fraction of sp³-hybridized carbons (Fsp3) is 0.500. The lowest BCUT2D eigenvalue weighted by Gasteiger charge is -2.26. The Kier molecular flexibility index (Phi) is 4.95. The summed E-state index contributed by atoms with van der Waals surface area (Å²) in [5.41, 5.74) is 1.94. The predicted octanol–water partition coefficient (Wildman–Crippen LogP) is 3.81. The van der Waals surface area contributed by atoms with Gasteiger partial charge >= 0.3 is 5.97 Å². The summed E-state index contributed by atoms with van der Waals surface area (Å²) in [6.07, 6.45) is 3.93. The lowest BCUT2D eigenvalue weighted by molar-refractivity contribution is 0.00718. The van der Waals surface area contributed by atoms with Gasteiger partial charge < -0.3 is 14.4 Å². The number of rotatable bonds is 4. The van der Waals surface area contributed by atoms with Gasteiger partial charge in [-0.3, -0.25) is 4.98 Å². The number of fused-ring (bicyclic) bond motifs is 1. The van der Waals surface area contributed by atoms with E-state index in [-0.39, 0.29) is 5.97 Å². The first kappa shape index (κ1) is 17.7. The number of aromatic nitrogens is 1. The molecule has 0 spiro atoms. The summed E-state index contributed by atoms with van der Waals surface area (Å²) in [5, 5.41) is 0.831. The number of pyridine rings is 1. The average Bonchev–Trinajstić information content (AvgIpc) is 3.01. The Morgan fingerprint density at radius 1 is 1.32 bits per heavy atom. The lowest BCUT2D eigenvalue weighted by Crippen LogP contribution is -2.32. The SMILES string of the molecule is COC[C@@H]1CCCN1c1ccc2nccc(C(=O)OC(C)(C)C)c2c1. The first-order chi connectivity index (χ1) is 11.9. The van der Waals surface area contributed by atoms with Crippen LogP contribution in [-0.2, 0) is 9.47 Å². The molecule has 1 saturated heterocycles. The van der Waals surface area contributed by atoms with E-state index in [0.717, 1.165) is 36.0 Å². The first-order valence-electron chi connectivity index (χ1n) is 8.77. The molecule has 0 amide bonds.